The summed E-state index contributed by atoms with van der Waals surface area (Å²) in [6.07, 6.45) is 1.48. The van der Waals surface area contributed by atoms with Gasteiger partial charge in [-0.1, -0.05) is 13.8 Å². The number of nitrogens with one attached hydrogen (secondary N) is 1. The summed E-state index contributed by atoms with van der Waals surface area (Å²) in [6, 6.07) is 0. The van der Waals surface area contributed by atoms with Crippen LogP contribution in [-0.4, -0.2) is 26.8 Å². The molecule has 0 aromatic carbocycles. The number of hydrogen-bond acceptors (Lipinski definition) is 2. The molecule has 0 rings (SSSR count). The molecule has 0 spiro atoms. The van der Waals surface area contributed by atoms with Gasteiger partial charge in [0.15, 0.2) is 0 Å². The summed E-state index contributed by atoms with van der Waals surface area (Å²) in [6.45, 7) is 7.10. The molecule has 0 aliphatic carbocycles. The first-order chi connectivity index (χ1) is 4.81. The minimum absolute atomic E-state index is 0.391. The SMILES string of the molecule is CC.CNCCC(C)OC. The third-order valence-corrected chi connectivity index (χ3v) is 1.20. The molecular formula is C8H21NO. The minimum atomic E-state index is 0.391. The average Bonchev–Trinajstić information content (AvgIpc) is 2.04. The van der Waals surface area contributed by atoms with Gasteiger partial charge in [0.25, 0.3) is 0 Å². The molecule has 0 aromatic rings. The van der Waals surface area contributed by atoms with Crippen molar-refractivity contribution in [2.75, 3.05) is 20.7 Å². The van der Waals surface area contributed by atoms with Gasteiger partial charge in [0.2, 0.25) is 0 Å². The Hall–Kier alpha value is -0.0800. The van der Waals surface area contributed by atoms with Crippen molar-refractivity contribution in [3.05, 3.63) is 0 Å². The molecule has 0 aliphatic heterocycles. The van der Waals surface area contributed by atoms with E-state index in [9.17, 15) is 0 Å². The lowest BCUT2D eigenvalue weighted by Gasteiger charge is -2.06. The van der Waals surface area contributed by atoms with Crippen molar-refractivity contribution in [3.8, 4) is 0 Å². The van der Waals surface area contributed by atoms with E-state index in [4.69, 9.17) is 4.74 Å². The van der Waals surface area contributed by atoms with Crippen molar-refractivity contribution >= 4 is 0 Å². The largest absolute Gasteiger partial charge is 0.382 e. The van der Waals surface area contributed by atoms with E-state index in [1.807, 2.05) is 20.9 Å². The second-order valence-corrected chi connectivity index (χ2v) is 1.94. The Bertz CT molecular complexity index is 48.5. The summed E-state index contributed by atoms with van der Waals surface area (Å²) in [5, 5.41) is 3.05. The molecule has 10 heavy (non-hydrogen) atoms. The zero-order valence-corrected chi connectivity index (χ0v) is 7.90. The minimum Gasteiger partial charge on any atom is -0.382 e. The second kappa shape index (κ2) is 11.7. The second-order valence-electron chi connectivity index (χ2n) is 1.94. The highest BCUT2D eigenvalue weighted by Gasteiger charge is 1.94. The Kier molecular flexibility index (Phi) is 14.7. The molecule has 0 aromatic heterocycles. The Balaban J connectivity index is 0. The zero-order valence-electron chi connectivity index (χ0n) is 7.90. The molecule has 1 N–H and O–H groups in total. The number of hydrogen-bond donors (Lipinski definition) is 1. The first kappa shape index (κ1) is 12.6. The monoisotopic (exact) mass is 147 g/mol. The van der Waals surface area contributed by atoms with Crippen LogP contribution in [0.2, 0.25) is 0 Å². The summed E-state index contributed by atoms with van der Waals surface area (Å²) >= 11 is 0. The molecular weight excluding hydrogens is 126 g/mol. The van der Waals surface area contributed by atoms with Crippen LogP contribution < -0.4 is 5.32 Å². The molecule has 0 saturated carbocycles. The predicted molar refractivity (Wildman–Crippen MR) is 46.4 cm³/mol. The van der Waals surface area contributed by atoms with E-state index < -0.39 is 0 Å². The van der Waals surface area contributed by atoms with Gasteiger partial charge in [-0.3, -0.25) is 0 Å². The number of rotatable bonds is 4. The van der Waals surface area contributed by atoms with Crippen LogP contribution in [0, 0.1) is 0 Å². The van der Waals surface area contributed by atoms with E-state index in [-0.39, 0.29) is 0 Å². The van der Waals surface area contributed by atoms with E-state index in [0.29, 0.717) is 6.10 Å². The molecule has 2 nitrogen and oxygen atoms in total. The van der Waals surface area contributed by atoms with Crippen molar-refractivity contribution in [2.45, 2.75) is 33.3 Å². The van der Waals surface area contributed by atoms with Gasteiger partial charge in [0.1, 0.15) is 0 Å². The van der Waals surface area contributed by atoms with Crippen molar-refractivity contribution in [1.29, 1.82) is 0 Å². The van der Waals surface area contributed by atoms with Gasteiger partial charge in [-0.2, -0.15) is 0 Å². The molecule has 0 aliphatic rings. The number of methoxy groups -OCH3 is 1. The lowest BCUT2D eigenvalue weighted by atomic mass is 10.3. The maximum atomic E-state index is 5.01. The Morgan fingerprint density at radius 3 is 2.20 bits per heavy atom. The summed E-state index contributed by atoms with van der Waals surface area (Å²) in [5.41, 5.74) is 0. The quantitative estimate of drug-likeness (QED) is 0.653. The summed E-state index contributed by atoms with van der Waals surface area (Å²) in [4.78, 5) is 0. The van der Waals surface area contributed by atoms with E-state index in [2.05, 4.69) is 12.2 Å². The van der Waals surface area contributed by atoms with Crippen LogP contribution in [0.4, 0.5) is 0 Å². The molecule has 2 heteroatoms. The Labute approximate surface area is 65.0 Å². The molecule has 0 saturated heterocycles. The molecule has 1 atom stereocenters. The van der Waals surface area contributed by atoms with Gasteiger partial charge in [-0.15, -0.1) is 0 Å². The van der Waals surface area contributed by atoms with Crippen molar-refractivity contribution < 1.29 is 4.74 Å². The molecule has 0 bridgehead atoms. The van der Waals surface area contributed by atoms with E-state index in [1.54, 1.807) is 7.11 Å². The molecule has 64 valence electrons. The Morgan fingerprint density at radius 2 is 1.90 bits per heavy atom. The first-order valence-electron chi connectivity index (χ1n) is 3.98. The van der Waals surface area contributed by atoms with Gasteiger partial charge >= 0.3 is 0 Å². The van der Waals surface area contributed by atoms with Crippen LogP contribution in [0.15, 0.2) is 0 Å². The van der Waals surface area contributed by atoms with Gasteiger partial charge in [0, 0.05) is 7.11 Å². The van der Waals surface area contributed by atoms with Gasteiger partial charge in [-0.05, 0) is 26.9 Å². The lowest BCUT2D eigenvalue weighted by Crippen LogP contribution is -2.15. The fourth-order valence-corrected chi connectivity index (χ4v) is 0.465. The average molecular weight is 147 g/mol. The standard InChI is InChI=1S/C6H15NO.C2H6/c1-6(8-3)4-5-7-2;1-2/h6-7H,4-5H2,1-3H3;1-2H3. The molecule has 0 radical (unpaired) electrons. The van der Waals surface area contributed by atoms with Crippen molar-refractivity contribution in [3.63, 3.8) is 0 Å². The van der Waals surface area contributed by atoms with Crippen molar-refractivity contribution in [1.82, 2.24) is 5.32 Å². The van der Waals surface area contributed by atoms with Crippen LogP contribution >= 0.6 is 0 Å². The fourth-order valence-electron chi connectivity index (χ4n) is 0.465. The molecule has 0 fully saturated rings. The molecule has 1 unspecified atom stereocenters. The van der Waals surface area contributed by atoms with E-state index in [0.717, 1.165) is 13.0 Å². The van der Waals surface area contributed by atoms with Crippen LogP contribution in [0.5, 0.6) is 0 Å². The smallest absolute Gasteiger partial charge is 0.0555 e. The summed E-state index contributed by atoms with van der Waals surface area (Å²) in [5.74, 6) is 0. The normalized spacial score (nSPS) is 11.7. The summed E-state index contributed by atoms with van der Waals surface area (Å²) < 4.78 is 5.01. The highest BCUT2D eigenvalue weighted by atomic mass is 16.5. The lowest BCUT2D eigenvalue weighted by molar-refractivity contribution is 0.111. The van der Waals surface area contributed by atoms with Crippen LogP contribution in [0.3, 0.4) is 0 Å². The first-order valence-corrected chi connectivity index (χ1v) is 3.98. The van der Waals surface area contributed by atoms with Crippen LogP contribution in [0.1, 0.15) is 27.2 Å². The molecule has 0 amide bonds. The topological polar surface area (TPSA) is 21.3 Å². The maximum absolute atomic E-state index is 5.01. The summed E-state index contributed by atoms with van der Waals surface area (Å²) in [7, 11) is 3.68. The van der Waals surface area contributed by atoms with Gasteiger partial charge in [0.05, 0.1) is 6.10 Å². The third kappa shape index (κ3) is 10.8. The number of ether oxygens (including phenoxy) is 1. The third-order valence-electron chi connectivity index (χ3n) is 1.20. The predicted octanol–water partition coefficient (Wildman–Crippen LogP) is 1.66. The van der Waals surface area contributed by atoms with Crippen LogP contribution in [0.25, 0.3) is 0 Å². The highest BCUT2D eigenvalue weighted by molar-refractivity contribution is 4.49. The molecule has 0 heterocycles. The van der Waals surface area contributed by atoms with Crippen molar-refractivity contribution in [2.24, 2.45) is 0 Å². The van der Waals surface area contributed by atoms with Crippen LogP contribution in [-0.2, 0) is 4.74 Å². The highest BCUT2D eigenvalue weighted by Crippen LogP contribution is 1.91. The fraction of sp³-hybridized carbons (Fsp3) is 1.00. The zero-order chi connectivity index (χ0) is 8.41. The Morgan fingerprint density at radius 1 is 1.40 bits per heavy atom. The van der Waals surface area contributed by atoms with E-state index >= 15 is 0 Å². The van der Waals surface area contributed by atoms with Gasteiger partial charge < -0.3 is 10.1 Å². The van der Waals surface area contributed by atoms with E-state index in [1.165, 1.54) is 0 Å². The van der Waals surface area contributed by atoms with Gasteiger partial charge in [-0.25, -0.2) is 0 Å². The maximum Gasteiger partial charge on any atom is 0.0555 e.